The molecule has 0 heterocycles. The van der Waals surface area contributed by atoms with Gasteiger partial charge in [0.25, 0.3) is 0 Å². The van der Waals surface area contributed by atoms with Crippen LogP contribution in [0.4, 0.5) is 4.79 Å². The molecule has 3 heteroatoms. The van der Waals surface area contributed by atoms with Crippen molar-refractivity contribution in [2.45, 2.75) is 19.8 Å². The van der Waals surface area contributed by atoms with Crippen molar-refractivity contribution in [2.24, 2.45) is 0 Å². The van der Waals surface area contributed by atoms with Crippen molar-refractivity contribution in [1.29, 1.82) is 0 Å². The van der Waals surface area contributed by atoms with E-state index in [9.17, 15) is 4.79 Å². The Bertz CT molecular complexity index is 410. The summed E-state index contributed by atoms with van der Waals surface area (Å²) >= 11 is -0.135. The van der Waals surface area contributed by atoms with Crippen molar-refractivity contribution in [3.63, 3.8) is 0 Å². The van der Waals surface area contributed by atoms with Crippen molar-refractivity contribution in [3.05, 3.63) is 48.7 Å². The standard InChI is InChI=1S/C15H19NOSe/c1-3-5-12-16(13-6-4-2)15(17)18-14-10-8-7-9-11-14/h5,7-11H,1,4,6,12-13H2,2H3. The van der Waals surface area contributed by atoms with Gasteiger partial charge in [-0.15, -0.1) is 0 Å². The molecule has 2 nitrogen and oxygen atoms in total. The zero-order chi connectivity index (χ0) is 13.2. The second-order valence-electron chi connectivity index (χ2n) is 3.89. The molecule has 1 amide bonds. The minimum absolute atomic E-state index is 0.135. The van der Waals surface area contributed by atoms with Crippen molar-refractivity contribution in [1.82, 2.24) is 4.90 Å². The second kappa shape index (κ2) is 8.77. The van der Waals surface area contributed by atoms with Crippen LogP contribution in [0.25, 0.3) is 0 Å². The number of hydrogen-bond acceptors (Lipinski definition) is 1. The van der Waals surface area contributed by atoms with Gasteiger partial charge in [0.15, 0.2) is 0 Å². The van der Waals surface area contributed by atoms with E-state index in [1.807, 2.05) is 41.3 Å². The number of carbonyl (C=O) groups is 1. The van der Waals surface area contributed by atoms with Crippen molar-refractivity contribution in [2.75, 3.05) is 13.1 Å². The average molecular weight is 308 g/mol. The first-order valence-corrected chi connectivity index (χ1v) is 7.85. The first-order valence-electron chi connectivity index (χ1n) is 6.14. The number of carbonyl (C=O) groups excluding carboxylic acids is 1. The summed E-state index contributed by atoms with van der Waals surface area (Å²) in [5, 5.41) is 0. The molecule has 0 atom stereocenters. The van der Waals surface area contributed by atoms with Crippen LogP contribution in [-0.2, 0) is 0 Å². The normalized spacial score (nSPS) is 9.61. The fraction of sp³-hybridized carbons (Fsp3) is 0.333. The Hall–Kier alpha value is -1.27. The summed E-state index contributed by atoms with van der Waals surface area (Å²) < 4.78 is 1.12. The third kappa shape index (κ3) is 5.37. The molecular weight excluding hydrogens is 289 g/mol. The van der Waals surface area contributed by atoms with Gasteiger partial charge in [-0.2, -0.15) is 0 Å². The number of rotatable bonds is 7. The molecule has 0 spiro atoms. The van der Waals surface area contributed by atoms with Gasteiger partial charge in [-0.1, -0.05) is 0 Å². The van der Waals surface area contributed by atoms with Gasteiger partial charge >= 0.3 is 115 Å². The topological polar surface area (TPSA) is 20.3 Å². The van der Waals surface area contributed by atoms with E-state index in [1.165, 1.54) is 0 Å². The number of amides is 1. The first-order chi connectivity index (χ1) is 8.77. The second-order valence-corrected chi connectivity index (χ2v) is 6.04. The summed E-state index contributed by atoms with van der Waals surface area (Å²) in [5.41, 5.74) is 2.73. The van der Waals surface area contributed by atoms with Crippen LogP contribution in [0.2, 0.25) is 0 Å². The Balaban J connectivity index is 2.60. The summed E-state index contributed by atoms with van der Waals surface area (Å²) in [4.78, 5) is 14.3. The molecule has 1 aromatic rings. The fourth-order valence-corrected chi connectivity index (χ4v) is 3.09. The summed E-state index contributed by atoms with van der Waals surface area (Å²) in [6, 6.07) is 9.95. The van der Waals surface area contributed by atoms with Crippen LogP contribution in [-0.4, -0.2) is 37.8 Å². The monoisotopic (exact) mass is 309 g/mol. The van der Waals surface area contributed by atoms with Gasteiger partial charge in [-0.3, -0.25) is 0 Å². The van der Waals surface area contributed by atoms with E-state index in [2.05, 4.69) is 19.2 Å². The number of nitrogens with zero attached hydrogens (tertiary/aromatic N) is 1. The molecule has 0 bridgehead atoms. The molecule has 0 saturated carbocycles. The zero-order valence-electron chi connectivity index (χ0n) is 10.8. The average Bonchev–Trinajstić information content (AvgIpc) is 2.40. The van der Waals surface area contributed by atoms with E-state index in [0.29, 0.717) is 6.54 Å². The van der Waals surface area contributed by atoms with E-state index in [4.69, 9.17) is 0 Å². The van der Waals surface area contributed by atoms with Crippen LogP contribution < -0.4 is 4.46 Å². The third-order valence-electron chi connectivity index (χ3n) is 2.44. The van der Waals surface area contributed by atoms with E-state index >= 15 is 0 Å². The third-order valence-corrected chi connectivity index (χ3v) is 4.42. The van der Waals surface area contributed by atoms with Crippen LogP contribution in [0.1, 0.15) is 19.8 Å². The van der Waals surface area contributed by atoms with Gasteiger partial charge in [0, 0.05) is 0 Å². The van der Waals surface area contributed by atoms with E-state index < -0.39 is 0 Å². The number of unbranched alkanes of at least 4 members (excludes halogenated alkanes) is 1. The summed E-state index contributed by atoms with van der Waals surface area (Å²) in [5.74, 6) is 0. The van der Waals surface area contributed by atoms with Crippen molar-refractivity contribution < 1.29 is 4.79 Å². The van der Waals surface area contributed by atoms with Crippen LogP contribution in [0, 0.1) is 0 Å². The number of hydrogen-bond donors (Lipinski definition) is 0. The molecule has 0 unspecified atom stereocenters. The van der Waals surface area contributed by atoms with Crippen molar-refractivity contribution in [3.8, 4) is 0 Å². The Labute approximate surface area is 116 Å². The van der Waals surface area contributed by atoms with Gasteiger partial charge in [0.1, 0.15) is 0 Å². The molecule has 1 aromatic carbocycles. The van der Waals surface area contributed by atoms with Crippen LogP contribution in [0.15, 0.2) is 48.7 Å². The molecule has 1 rings (SSSR count). The maximum atomic E-state index is 12.2. The Morgan fingerprint density at radius 1 is 1.44 bits per heavy atom. The SMILES string of the molecule is C=C=CCN(CCCC)C(=O)[Se]c1ccccc1. The van der Waals surface area contributed by atoms with Gasteiger partial charge in [0.05, 0.1) is 0 Å². The Morgan fingerprint density at radius 3 is 2.78 bits per heavy atom. The summed E-state index contributed by atoms with van der Waals surface area (Å²) in [6.45, 7) is 7.12. The molecule has 0 aliphatic carbocycles. The Morgan fingerprint density at radius 2 is 2.17 bits per heavy atom. The Kier molecular flexibility index (Phi) is 7.20. The molecule has 0 saturated heterocycles. The minimum atomic E-state index is -0.135. The van der Waals surface area contributed by atoms with Crippen LogP contribution in [0.3, 0.4) is 0 Å². The van der Waals surface area contributed by atoms with Crippen LogP contribution in [0.5, 0.6) is 0 Å². The van der Waals surface area contributed by atoms with Gasteiger partial charge in [-0.25, -0.2) is 0 Å². The van der Waals surface area contributed by atoms with E-state index in [0.717, 1.165) is 23.8 Å². The van der Waals surface area contributed by atoms with Gasteiger partial charge in [0.2, 0.25) is 0 Å². The van der Waals surface area contributed by atoms with E-state index in [-0.39, 0.29) is 19.8 Å². The quantitative estimate of drug-likeness (QED) is 0.560. The molecule has 0 aliphatic heterocycles. The molecule has 0 fully saturated rings. The predicted octanol–water partition coefficient (Wildman–Crippen LogP) is 2.58. The van der Waals surface area contributed by atoms with Gasteiger partial charge < -0.3 is 0 Å². The number of benzene rings is 1. The fourth-order valence-electron chi connectivity index (χ4n) is 1.43. The van der Waals surface area contributed by atoms with Gasteiger partial charge in [-0.05, 0) is 0 Å². The predicted molar refractivity (Wildman–Crippen MR) is 77.4 cm³/mol. The molecular formula is C15H19NOSe. The maximum absolute atomic E-state index is 12.2. The molecule has 96 valence electrons. The molecule has 0 aliphatic rings. The van der Waals surface area contributed by atoms with E-state index in [1.54, 1.807) is 0 Å². The summed E-state index contributed by atoms with van der Waals surface area (Å²) in [7, 11) is 0. The summed E-state index contributed by atoms with van der Waals surface area (Å²) in [6.07, 6.45) is 3.95. The molecule has 0 radical (unpaired) electrons. The molecule has 0 aromatic heterocycles. The molecule has 18 heavy (non-hydrogen) atoms. The zero-order valence-corrected chi connectivity index (χ0v) is 12.5. The van der Waals surface area contributed by atoms with Crippen LogP contribution >= 0.6 is 0 Å². The van der Waals surface area contributed by atoms with Crippen molar-refractivity contribution >= 4 is 24.2 Å². The molecule has 0 N–H and O–H groups in total. The first kappa shape index (κ1) is 14.8.